The van der Waals surface area contributed by atoms with Crippen LogP contribution in [-0.2, 0) is 24.5 Å². The lowest BCUT2D eigenvalue weighted by Crippen LogP contribution is -1.99. The van der Waals surface area contributed by atoms with Gasteiger partial charge in [-0.1, -0.05) is 30.3 Å². The van der Waals surface area contributed by atoms with Crippen molar-refractivity contribution in [1.82, 2.24) is 4.57 Å². The van der Waals surface area contributed by atoms with E-state index in [-0.39, 0.29) is 0 Å². The van der Waals surface area contributed by atoms with Crippen molar-refractivity contribution < 1.29 is 9.47 Å². The molecule has 0 N–H and O–H groups in total. The predicted octanol–water partition coefficient (Wildman–Crippen LogP) is 4.90. The third-order valence-corrected chi connectivity index (χ3v) is 4.06. The first-order valence-electron chi connectivity index (χ1n) is 8.26. The molecular weight excluding hydrogens is 298 g/mol. The molecule has 0 bridgehead atoms. The third kappa shape index (κ3) is 3.69. The van der Waals surface area contributed by atoms with Crippen molar-refractivity contribution in [2.45, 2.75) is 26.7 Å². The lowest BCUT2D eigenvalue weighted by Gasteiger charge is -2.11. The van der Waals surface area contributed by atoms with Gasteiger partial charge in [-0.2, -0.15) is 0 Å². The van der Waals surface area contributed by atoms with Crippen LogP contribution in [0.3, 0.4) is 0 Å². The van der Waals surface area contributed by atoms with E-state index in [9.17, 15) is 0 Å². The van der Waals surface area contributed by atoms with Gasteiger partial charge < -0.3 is 14.0 Å². The van der Waals surface area contributed by atoms with Crippen molar-refractivity contribution in [3.8, 4) is 17.0 Å². The molecule has 124 valence electrons. The van der Waals surface area contributed by atoms with Crippen molar-refractivity contribution in [2.75, 3.05) is 7.11 Å². The highest BCUT2D eigenvalue weighted by molar-refractivity contribution is 5.65. The second-order valence-corrected chi connectivity index (χ2v) is 5.71. The van der Waals surface area contributed by atoms with Gasteiger partial charge in [0.25, 0.3) is 0 Å². The average Bonchev–Trinajstić information content (AvgIpc) is 3.04. The summed E-state index contributed by atoms with van der Waals surface area (Å²) in [6.07, 6.45) is 2.11. The van der Waals surface area contributed by atoms with Crippen molar-refractivity contribution in [3.63, 3.8) is 0 Å². The van der Waals surface area contributed by atoms with Gasteiger partial charge in [0.1, 0.15) is 12.4 Å². The smallest absolute Gasteiger partial charge is 0.119 e. The van der Waals surface area contributed by atoms with Crippen molar-refractivity contribution in [2.24, 2.45) is 0 Å². The first-order valence-corrected chi connectivity index (χ1v) is 8.26. The highest BCUT2D eigenvalue weighted by atomic mass is 16.5. The zero-order valence-corrected chi connectivity index (χ0v) is 14.2. The summed E-state index contributed by atoms with van der Waals surface area (Å²) in [7, 11) is 1.73. The molecule has 3 heteroatoms. The normalized spacial score (nSPS) is 10.8. The summed E-state index contributed by atoms with van der Waals surface area (Å²) in [5, 5.41) is 0. The number of hydrogen-bond donors (Lipinski definition) is 0. The van der Waals surface area contributed by atoms with Crippen molar-refractivity contribution >= 4 is 0 Å². The Morgan fingerprint density at radius 3 is 2.29 bits per heavy atom. The quantitative estimate of drug-likeness (QED) is 0.618. The molecular formula is C21H23NO2. The fourth-order valence-corrected chi connectivity index (χ4v) is 2.85. The van der Waals surface area contributed by atoms with E-state index in [1.54, 1.807) is 7.11 Å². The molecule has 3 nitrogen and oxygen atoms in total. The van der Waals surface area contributed by atoms with Crippen LogP contribution in [0.2, 0.25) is 0 Å². The van der Waals surface area contributed by atoms with Gasteiger partial charge in [0.05, 0.1) is 12.3 Å². The first-order chi connectivity index (χ1) is 11.8. The summed E-state index contributed by atoms with van der Waals surface area (Å²) in [4.78, 5) is 0. The number of methoxy groups -OCH3 is 1. The Kier molecular flexibility index (Phi) is 5.34. The average molecular weight is 321 g/mol. The number of aromatic nitrogens is 1. The van der Waals surface area contributed by atoms with Crippen molar-refractivity contribution in [1.29, 1.82) is 0 Å². The van der Waals surface area contributed by atoms with Crippen LogP contribution in [0.25, 0.3) is 11.3 Å². The highest BCUT2D eigenvalue weighted by Gasteiger charge is 2.10. The summed E-state index contributed by atoms with van der Waals surface area (Å²) < 4.78 is 13.4. The van der Waals surface area contributed by atoms with Gasteiger partial charge in [-0.3, -0.25) is 0 Å². The number of hydrogen-bond acceptors (Lipinski definition) is 2. The summed E-state index contributed by atoms with van der Waals surface area (Å²) in [5.74, 6) is 0.880. The minimum atomic E-state index is 0.584. The van der Waals surface area contributed by atoms with Crippen LogP contribution in [0.5, 0.6) is 5.75 Å². The maximum atomic E-state index is 5.87. The van der Waals surface area contributed by atoms with Crippen LogP contribution in [-0.4, -0.2) is 11.7 Å². The Bertz CT molecular complexity index is 760. The second-order valence-electron chi connectivity index (χ2n) is 5.71. The number of ether oxygens (including phenoxy) is 2. The van der Waals surface area contributed by atoms with E-state index in [1.165, 1.54) is 22.4 Å². The van der Waals surface area contributed by atoms with Gasteiger partial charge in [0.15, 0.2) is 0 Å². The van der Waals surface area contributed by atoms with Crippen LogP contribution in [0.4, 0.5) is 0 Å². The van der Waals surface area contributed by atoms with E-state index >= 15 is 0 Å². The second kappa shape index (κ2) is 7.84. The van der Waals surface area contributed by atoms with Gasteiger partial charge in [0, 0.05) is 25.4 Å². The Hall–Kier alpha value is -2.52. The molecule has 0 aliphatic heterocycles. The van der Waals surface area contributed by atoms with Gasteiger partial charge in [-0.25, -0.2) is 0 Å². The Balaban J connectivity index is 1.76. The molecule has 0 aliphatic rings. The van der Waals surface area contributed by atoms with E-state index in [1.807, 2.05) is 30.3 Å². The maximum Gasteiger partial charge on any atom is 0.119 e. The molecule has 1 heterocycles. The molecule has 0 unspecified atom stereocenters. The van der Waals surface area contributed by atoms with Gasteiger partial charge >= 0.3 is 0 Å². The van der Waals surface area contributed by atoms with Gasteiger partial charge in [-0.15, -0.1) is 0 Å². The monoisotopic (exact) mass is 321 g/mol. The van der Waals surface area contributed by atoms with Crippen LogP contribution in [0.1, 0.15) is 18.1 Å². The van der Waals surface area contributed by atoms with Crippen LogP contribution in [0, 0.1) is 0 Å². The lowest BCUT2D eigenvalue weighted by molar-refractivity contribution is 0.185. The topological polar surface area (TPSA) is 23.4 Å². The molecule has 0 amide bonds. The molecule has 24 heavy (non-hydrogen) atoms. The SMILES string of the molecule is CCn1ccc(COC)c1-c1ccc(OCc2ccccc2)cc1. The fraction of sp³-hybridized carbons (Fsp3) is 0.238. The molecule has 0 aliphatic carbocycles. The van der Waals surface area contributed by atoms with Crippen LogP contribution in [0.15, 0.2) is 66.9 Å². The lowest BCUT2D eigenvalue weighted by atomic mass is 10.1. The zero-order chi connectivity index (χ0) is 16.8. The fourth-order valence-electron chi connectivity index (χ4n) is 2.85. The molecule has 2 aromatic carbocycles. The zero-order valence-electron chi connectivity index (χ0n) is 14.2. The maximum absolute atomic E-state index is 5.87. The Morgan fingerprint density at radius 1 is 0.875 bits per heavy atom. The van der Waals surface area contributed by atoms with E-state index in [4.69, 9.17) is 9.47 Å². The summed E-state index contributed by atoms with van der Waals surface area (Å²) >= 11 is 0. The Morgan fingerprint density at radius 2 is 1.62 bits per heavy atom. The van der Waals surface area contributed by atoms with E-state index < -0.39 is 0 Å². The van der Waals surface area contributed by atoms with E-state index in [0.29, 0.717) is 13.2 Å². The third-order valence-electron chi connectivity index (χ3n) is 4.06. The number of aryl methyl sites for hydroxylation is 1. The molecule has 3 aromatic rings. The first kappa shape index (κ1) is 16.3. The standard InChI is InChI=1S/C21H23NO2/c1-3-22-14-13-19(16-23-2)21(22)18-9-11-20(12-10-18)24-15-17-7-5-4-6-8-17/h4-14H,3,15-16H2,1-2H3. The van der Waals surface area contributed by atoms with Crippen LogP contribution < -0.4 is 4.74 Å². The summed E-state index contributed by atoms with van der Waals surface area (Å²) in [5.41, 5.74) is 4.77. The molecule has 0 saturated heterocycles. The minimum Gasteiger partial charge on any atom is -0.489 e. The molecule has 3 rings (SSSR count). The van der Waals surface area contributed by atoms with Crippen LogP contribution >= 0.6 is 0 Å². The number of rotatable bonds is 7. The molecule has 0 spiro atoms. The molecule has 0 fully saturated rings. The predicted molar refractivity (Wildman–Crippen MR) is 97.0 cm³/mol. The molecule has 0 radical (unpaired) electrons. The number of nitrogens with zero attached hydrogens (tertiary/aromatic N) is 1. The molecule has 0 atom stereocenters. The van der Waals surface area contributed by atoms with Gasteiger partial charge in [-0.05, 0) is 48.4 Å². The number of benzene rings is 2. The molecule has 1 aromatic heterocycles. The minimum absolute atomic E-state index is 0.584. The van der Waals surface area contributed by atoms with E-state index in [0.717, 1.165) is 12.3 Å². The Labute approximate surface area is 143 Å². The van der Waals surface area contributed by atoms with E-state index in [2.05, 4.69) is 48.0 Å². The highest BCUT2D eigenvalue weighted by Crippen LogP contribution is 2.28. The molecule has 0 saturated carbocycles. The summed E-state index contributed by atoms with van der Waals surface area (Å²) in [6.45, 7) is 4.29. The summed E-state index contributed by atoms with van der Waals surface area (Å²) in [6, 6.07) is 20.6. The largest absolute Gasteiger partial charge is 0.489 e. The van der Waals surface area contributed by atoms with Gasteiger partial charge in [0.2, 0.25) is 0 Å². The van der Waals surface area contributed by atoms with Crippen molar-refractivity contribution in [3.05, 3.63) is 78.0 Å².